The summed E-state index contributed by atoms with van der Waals surface area (Å²) >= 11 is 0. The van der Waals surface area contributed by atoms with Gasteiger partial charge in [-0.15, -0.1) is 0 Å². The fraction of sp³-hybridized carbons (Fsp3) is 0.217. The lowest BCUT2D eigenvalue weighted by molar-refractivity contribution is -0.123. The van der Waals surface area contributed by atoms with Gasteiger partial charge in [0.2, 0.25) is 5.91 Å². The van der Waals surface area contributed by atoms with Gasteiger partial charge in [-0.2, -0.15) is 5.10 Å². The van der Waals surface area contributed by atoms with Gasteiger partial charge in [0.1, 0.15) is 5.82 Å². The third-order valence-corrected chi connectivity index (χ3v) is 5.22. The molecule has 0 radical (unpaired) electrons. The van der Waals surface area contributed by atoms with Crippen molar-refractivity contribution in [3.63, 3.8) is 0 Å². The first-order valence-electron chi connectivity index (χ1n) is 10.2. The Morgan fingerprint density at radius 1 is 1.19 bits per heavy atom. The molecule has 5 rings (SSSR count). The van der Waals surface area contributed by atoms with Crippen molar-refractivity contribution in [2.24, 2.45) is 0 Å². The summed E-state index contributed by atoms with van der Waals surface area (Å²) in [5.41, 5.74) is 3.29. The van der Waals surface area contributed by atoms with Crippen LogP contribution in [-0.2, 0) is 4.79 Å². The number of benzene rings is 2. The number of hydrogen-bond donors (Lipinski definition) is 4. The van der Waals surface area contributed by atoms with E-state index in [1.807, 2.05) is 36.4 Å². The van der Waals surface area contributed by atoms with Gasteiger partial charge in [0, 0.05) is 28.9 Å². The lowest BCUT2D eigenvalue weighted by Crippen LogP contribution is -2.26. The van der Waals surface area contributed by atoms with Crippen molar-refractivity contribution >= 4 is 28.3 Å². The summed E-state index contributed by atoms with van der Waals surface area (Å²) in [5.74, 6) is 1.06. The predicted molar refractivity (Wildman–Crippen MR) is 118 cm³/mol. The quantitative estimate of drug-likeness (QED) is 0.368. The van der Waals surface area contributed by atoms with E-state index in [9.17, 15) is 9.90 Å². The number of amides is 1. The molecule has 0 aliphatic heterocycles. The Bertz CT molecular complexity index is 1230. The normalized spacial score (nSPS) is 14.4. The minimum atomic E-state index is -0.873. The Labute approximate surface area is 178 Å². The maximum atomic E-state index is 12.0. The second-order valence-electron chi connectivity index (χ2n) is 7.75. The van der Waals surface area contributed by atoms with E-state index in [-0.39, 0.29) is 18.4 Å². The van der Waals surface area contributed by atoms with E-state index in [1.54, 1.807) is 24.5 Å². The first-order valence-corrected chi connectivity index (χ1v) is 10.2. The lowest BCUT2D eigenvalue weighted by atomic mass is 10.0. The summed E-state index contributed by atoms with van der Waals surface area (Å²) in [7, 11) is 0. The Kier molecular flexibility index (Phi) is 5.05. The Morgan fingerprint density at radius 2 is 2.10 bits per heavy atom. The van der Waals surface area contributed by atoms with Crippen LogP contribution in [-0.4, -0.2) is 37.2 Å². The molecule has 1 aliphatic carbocycles. The maximum absolute atomic E-state index is 12.0. The largest absolute Gasteiger partial charge is 0.388 e. The summed E-state index contributed by atoms with van der Waals surface area (Å²) in [5, 5.41) is 24.7. The first-order chi connectivity index (χ1) is 15.1. The molecule has 4 N–H and O–H groups in total. The number of carbonyl (C=O) groups is 1. The molecule has 0 spiro atoms. The molecule has 1 saturated carbocycles. The topological polar surface area (TPSA) is 116 Å². The molecule has 1 fully saturated rings. The Morgan fingerprint density at radius 3 is 2.97 bits per heavy atom. The molecule has 1 amide bonds. The number of aliphatic hydroxyl groups is 1. The van der Waals surface area contributed by atoms with Crippen LogP contribution in [0.25, 0.3) is 22.3 Å². The monoisotopic (exact) mass is 414 g/mol. The molecule has 2 aromatic heterocycles. The molecule has 1 unspecified atom stereocenters. The van der Waals surface area contributed by atoms with E-state index in [1.165, 1.54) is 0 Å². The standard InChI is InChI=1S/C23H22N6O2/c30-20(12-22(31)27-17-4-5-17)14-2-1-3-15(10-14)23-24-9-8-21(28-23)26-18-6-7-19-16(11-18)13-25-29-19/h1-3,6-11,13,17,20,30H,4-5,12H2,(H,25,29)(H,27,31)(H,24,26,28). The summed E-state index contributed by atoms with van der Waals surface area (Å²) in [6.45, 7) is 0. The number of rotatable bonds is 7. The molecule has 8 heteroatoms. The minimum absolute atomic E-state index is 0.0406. The van der Waals surface area contributed by atoms with Crippen LogP contribution >= 0.6 is 0 Å². The van der Waals surface area contributed by atoms with Crippen molar-refractivity contribution in [3.8, 4) is 11.4 Å². The number of fused-ring (bicyclic) bond motifs is 1. The maximum Gasteiger partial charge on any atom is 0.223 e. The molecule has 2 aromatic carbocycles. The van der Waals surface area contributed by atoms with Crippen molar-refractivity contribution in [2.45, 2.75) is 31.4 Å². The number of nitrogens with one attached hydrogen (secondary N) is 3. The molecule has 156 valence electrons. The number of carbonyl (C=O) groups excluding carboxylic acids is 1. The van der Waals surface area contributed by atoms with Crippen LogP contribution in [0.4, 0.5) is 11.5 Å². The van der Waals surface area contributed by atoms with Crippen molar-refractivity contribution in [1.29, 1.82) is 0 Å². The van der Waals surface area contributed by atoms with Gasteiger partial charge in [-0.05, 0) is 48.7 Å². The smallest absolute Gasteiger partial charge is 0.223 e. The second kappa shape index (κ2) is 8.16. The zero-order valence-electron chi connectivity index (χ0n) is 16.7. The van der Waals surface area contributed by atoms with Gasteiger partial charge >= 0.3 is 0 Å². The lowest BCUT2D eigenvalue weighted by Gasteiger charge is -2.12. The molecule has 31 heavy (non-hydrogen) atoms. The Balaban J connectivity index is 1.32. The molecular formula is C23H22N6O2. The zero-order chi connectivity index (χ0) is 21.2. The third kappa shape index (κ3) is 4.54. The Hall–Kier alpha value is -3.78. The van der Waals surface area contributed by atoms with Crippen LogP contribution in [0.15, 0.2) is 60.9 Å². The molecule has 8 nitrogen and oxygen atoms in total. The highest BCUT2D eigenvalue weighted by Gasteiger charge is 2.24. The molecule has 4 aromatic rings. The van der Waals surface area contributed by atoms with Gasteiger partial charge in [-0.3, -0.25) is 9.89 Å². The highest BCUT2D eigenvalue weighted by molar-refractivity contribution is 5.82. The van der Waals surface area contributed by atoms with Crippen LogP contribution in [0.1, 0.15) is 30.9 Å². The molecule has 1 atom stereocenters. The zero-order valence-corrected chi connectivity index (χ0v) is 16.7. The van der Waals surface area contributed by atoms with Crippen LogP contribution < -0.4 is 10.6 Å². The number of aromatic nitrogens is 4. The number of aliphatic hydroxyl groups excluding tert-OH is 1. The highest BCUT2D eigenvalue weighted by atomic mass is 16.3. The fourth-order valence-corrected chi connectivity index (χ4v) is 3.43. The van der Waals surface area contributed by atoms with Gasteiger partial charge in [0.05, 0.1) is 24.2 Å². The van der Waals surface area contributed by atoms with Crippen LogP contribution in [0.3, 0.4) is 0 Å². The minimum Gasteiger partial charge on any atom is -0.388 e. The highest BCUT2D eigenvalue weighted by Crippen LogP contribution is 2.25. The van der Waals surface area contributed by atoms with Gasteiger partial charge in [-0.25, -0.2) is 9.97 Å². The van der Waals surface area contributed by atoms with Crippen LogP contribution in [0.5, 0.6) is 0 Å². The average molecular weight is 414 g/mol. The van der Waals surface area contributed by atoms with Gasteiger partial charge in [0.15, 0.2) is 5.82 Å². The number of nitrogens with zero attached hydrogens (tertiary/aromatic N) is 3. The van der Waals surface area contributed by atoms with Crippen molar-refractivity contribution in [3.05, 3.63) is 66.5 Å². The van der Waals surface area contributed by atoms with E-state index >= 15 is 0 Å². The van der Waals surface area contributed by atoms with Gasteiger partial charge < -0.3 is 15.7 Å². The fourth-order valence-electron chi connectivity index (χ4n) is 3.43. The number of anilines is 2. The SMILES string of the molecule is O=C(CC(O)c1cccc(-c2nccc(Nc3ccc4[nH]ncc4c3)n2)c1)NC1CC1. The first kappa shape index (κ1) is 19.2. The summed E-state index contributed by atoms with van der Waals surface area (Å²) in [6, 6.07) is 15.3. The molecule has 1 aliphatic rings. The van der Waals surface area contributed by atoms with E-state index in [2.05, 4.69) is 30.8 Å². The van der Waals surface area contributed by atoms with Gasteiger partial charge in [0.25, 0.3) is 0 Å². The van der Waals surface area contributed by atoms with Crippen molar-refractivity contribution < 1.29 is 9.90 Å². The van der Waals surface area contributed by atoms with Crippen LogP contribution in [0.2, 0.25) is 0 Å². The third-order valence-electron chi connectivity index (χ3n) is 5.22. The molecule has 0 saturated heterocycles. The number of H-pyrrole nitrogens is 1. The average Bonchev–Trinajstić information content (AvgIpc) is 3.46. The summed E-state index contributed by atoms with van der Waals surface area (Å²) in [4.78, 5) is 21.0. The van der Waals surface area contributed by atoms with E-state index in [0.29, 0.717) is 17.2 Å². The summed E-state index contributed by atoms with van der Waals surface area (Å²) in [6.07, 6.45) is 4.67. The van der Waals surface area contributed by atoms with E-state index in [4.69, 9.17) is 0 Å². The molecule has 2 heterocycles. The van der Waals surface area contributed by atoms with Gasteiger partial charge in [-0.1, -0.05) is 18.2 Å². The summed E-state index contributed by atoms with van der Waals surface area (Å²) < 4.78 is 0. The predicted octanol–water partition coefficient (Wildman–Crippen LogP) is 3.47. The van der Waals surface area contributed by atoms with Crippen LogP contribution in [0, 0.1) is 0 Å². The molecular weight excluding hydrogens is 392 g/mol. The number of aromatic amines is 1. The van der Waals surface area contributed by atoms with Crippen molar-refractivity contribution in [1.82, 2.24) is 25.5 Å². The van der Waals surface area contributed by atoms with E-state index in [0.717, 1.165) is 35.0 Å². The number of hydrogen-bond acceptors (Lipinski definition) is 6. The second-order valence-corrected chi connectivity index (χ2v) is 7.75. The van der Waals surface area contributed by atoms with Crippen molar-refractivity contribution in [2.75, 3.05) is 5.32 Å². The van der Waals surface area contributed by atoms with E-state index < -0.39 is 6.10 Å². The molecule has 0 bridgehead atoms.